The second kappa shape index (κ2) is 10.4. The van der Waals surface area contributed by atoms with Crippen molar-refractivity contribution in [2.45, 2.75) is 45.4 Å². The molecule has 2 amide bonds. The molecular formula is C24H30N2O4. The van der Waals surface area contributed by atoms with Crippen LogP contribution in [0.15, 0.2) is 54.6 Å². The molecule has 2 atom stereocenters. The highest BCUT2D eigenvalue weighted by Crippen LogP contribution is 2.27. The van der Waals surface area contributed by atoms with Crippen molar-refractivity contribution in [3.63, 3.8) is 0 Å². The Morgan fingerprint density at radius 2 is 1.80 bits per heavy atom. The van der Waals surface area contributed by atoms with Gasteiger partial charge in [-0.3, -0.25) is 9.59 Å². The zero-order chi connectivity index (χ0) is 21.5. The van der Waals surface area contributed by atoms with Gasteiger partial charge in [0.05, 0.1) is 12.6 Å². The smallest absolute Gasteiger partial charge is 0.249 e. The van der Waals surface area contributed by atoms with Crippen LogP contribution in [0.3, 0.4) is 0 Å². The number of carbonyl (C=O) groups is 2. The Morgan fingerprint density at radius 3 is 2.43 bits per heavy atom. The van der Waals surface area contributed by atoms with Gasteiger partial charge < -0.3 is 20.1 Å². The summed E-state index contributed by atoms with van der Waals surface area (Å²) in [5.74, 6) is -0.135. The van der Waals surface area contributed by atoms with Gasteiger partial charge in [0.25, 0.3) is 0 Å². The fourth-order valence-electron chi connectivity index (χ4n) is 3.76. The number of ether oxygens (including phenoxy) is 1. The van der Waals surface area contributed by atoms with E-state index in [0.717, 1.165) is 18.4 Å². The minimum Gasteiger partial charge on any atom is -0.386 e. The van der Waals surface area contributed by atoms with Crippen LogP contribution in [-0.2, 0) is 20.9 Å². The molecule has 2 unspecified atom stereocenters. The van der Waals surface area contributed by atoms with Crippen molar-refractivity contribution in [3.8, 4) is 0 Å². The number of aliphatic hydroxyl groups is 1. The van der Waals surface area contributed by atoms with Crippen LogP contribution in [0, 0.1) is 5.92 Å². The van der Waals surface area contributed by atoms with Gasteiger partial charge in [-0.1, -0.05) is 56.3 Å². The highest BCUT2D eigenvalue weighted by molar-refractivity contribution is 5.92. The Kier molecular flexibility index (Phi) is 7.60. The average Bonchev–Trinajstić information content (AvgIpc) is 2.77. The van der Waals surface area contributed by atoms with Crippen LogP contribution in [-0.4, -0.2) is 41.1 Å². The maximum Gasteiger partial charge on any atom is 0.249 e. The summed E-state index contributed by atoms with van der Waals surface area (Å²) in [6.07, 6.45) is 0.708. The number of hydrogen-bond donors (Lipinski definition) is 2. The maximum absolute atomic E-state index is 12.5. The predicted octanol–water partition coefficient (Wildman–Crippen LogP) is 3.52. The summed E-state index contributed by atoms with van der Waals surface area (Å²) in [6.45, 7) is 4.72. The van der Waals surface area contributed by atoms with Crippen LogP contribution in [0.5, 0.6) is 0 Å². The SMILES string of the molecule is CCC(CC)C(=O)Nc1ccc(C(O)C2COCC(=O)N2Cc2ccccc2)cc1. The minimum absolute atomic E-state index is 0.00721. The first kappa shape index (κ1) is 22.0. The van der Waals surface area contributed by atoms with Crippen LogP contribution in [0.1, 0.15) is 43.9 Å². The molecule has 0 spiro atoms. The molecule has 1 heterocycles. The van der Waals surface area contributed by atoms with Crippen LogP contribution < -0.4 is 5.32 Å². The van der Waals surface area contributed by atoms with Gasteiger partial charge in [-0.05, 0) is 36.1 Å². The number of aliphatic hydroxyl groups excluding tert-OH is 1. The van der Waals surface area contributed by atoms with Crippen LogP contribution in [0.2, 0.25) is 0 Å². The summed E-state index contributed by atoms with van der Waals surface area (Å²) in [6, 6.07) is 16.4. The molecule has 6 nitrogen and oxygen atoms in total. The van der Waals surface area contributed by atoms with E-state index in [2.05, 4.69) is 5.32 Å². The molecular weight excluding hydrogens is 380 g/mol. The normalized spacial score (nSPS) is 17.8. The van der Waals surface area contributed by atoms with Crippen molar-refractivity contribution < 1.29 is 19.4 Å². The van der Waals surface area contributed by atoms with Gasteiger partial charge in [-0.2, -0.15) is 0 Å². The highest BCUT2D eigenvalue weighted by Gasteiger charge is 2.34. The standard InChI is InChI=1S/C24H30N2O4/c1-3-18(4-2)24(29)25-20-12-10-19(11-13-20)23(28)21-15-30-16-22(27)26(21)14-17-8-6-5-7-9-17/h5-13,18,21,23,28H,3-4,14-16H2,1-2H3,(H,25,29). The number of nitrogens with zero attached hydrogens (tertiary/aromatic N) is 1. The molecule has 1 aliphatic heterocycles. The molecule has 2 aromatic carbocycles. The monoisotopic (exact) mass is 410 g/mol. The Balaban J connectivity index is 1.71. The molecule has 30 heavy (non-hydrogen) atoms. The average molecular weight is 411 g/mol. The minimum atomic E-state index is -0.887. The van der Waals surface area contributed by atoms with Crippen molar-refractivity contribution in [2.24, 2.45) is 5.92 Å². The Hall–Kier alpha value is -2.70. The van der Waals surface area contributed by atoms with E-state index in [1.165, 1.54) is 0 Å². The van der Waals surface area contributed by atoms with E-state index in [1.807, 2.05) is 44.2 Å². The molecule has 1 fully saturated rings. The summed E-state index contributed by atoms with van der Waals surface area (Å²) >= 11 is 0. The molecule has 0 saturated carbocycles. The lowest BCUT2D eigenvalue weighted by molar-refractivity contribution is -0.155. The zero-order valence-electron chi connectivity index (χ0n) is 17.6. The highest BCUT2D eigenvalue weighted by atomic mass is 16.5. The Bertz CT molecular complexity index is 834. The predicted molar refractivity (Wildman–Crippen MR) is 116 cm³/mol. The first-order chi connectivity index (χ1) is 14.5. The summed E-state index contributed by atoms with van der Waals surface area (Å²) < 4.78 is 5.42. The number of morpholine rings is 1. The molecule has 6 heteroatoms. The second-order valence-corrected chi connectivity index (χ2v) is 7.66. The molecule has 0 aliphatic carbocycles. The van der Waals surface area contributed by atoms with Gasteiger partial charge in [0.2, 0.25) is 11.8 Å². The molecule has 0 aromatic heterocycles. The number of hydrogen-bond acceptors (Lipinski definition) is 4. The number of rotatable bonds is 8. The summed E-state index contributed by atoms with van der Waals surface area (Å²) in [5, 5.41) is 13.9. The molecule has 1 saturated heterocycles. The fourth-order valence-corrected chi connectivity index (χ4v) is 3.76. The molecule has 3 rings (SSSR count). The Morgan fingerprint density at radius 1 is 1.13 bits per heavy atom. The van der Waals surface area contributed by atoms with Crippen LogP contribution in [0.25, 0.3) is 0 Å². The van der Waals surface area contributed by atoms with Gasteiger partial charge in [-0.15, -0.1) is 0 Å². The number of benzene rings is 2. The molecule has 2 N–H and O–H groups in total. The van der Waals surface area contributed by atoms with Crippen molar-refractivity contribution in [2.75, 3.05) is 18.5 Å². The van der Waals surface area contributed by atoms with Gasteiger partial charge in [0, 0.05) is 18.2 Å². The third kappa shape index (κ3) is 5.26. The van der Waals surface area contributed by atoms with E-state index >= 15 is 0 Å². The molecule has 0 bridgehead atoms. The van der Waals surface area contributed by atoms with Gasteiger partial charge in [-0.25, -0.2) is 0 Å². The lowest BCUT2D eigenvalue weighted by atomic mass is 9.99. The van der Waals surface area contributed by atoms with Crippen molar-refractivity contribution in [1.29, 1.82) is 0 Å². The van der Waals surface area contributed by atoms with E-state index < -0.39 is 12.1 Å². The van der Waals surface area contributed by atoms with Gasteiger partial charge in [0.15, 0.2) is 0 Å². The van der Waals surface area contributed by atoms with Gasteiger partial charge >= 0.3 is 0 Å². The fraction of sp³-hybridized carbons (Fsp3) is 0.417. The summed E-state index contributed by atoms with van der Waals surface area (Å²) in [4.78, 5) is 26.4. The quantitative estimate of drug-likeness (QED) is 0.698. The van der Waals surface area contributed by atoms with E-state index in [0.29, 0.717) is 17.8 Å². The maximum atomic E-state index is 12.5. The van der Waals surface area contributed by atoms with Crippen molar-refractivity contribution >= 4 is 17.5 Å². The van der Waals surface area contributed by atoms with E-state index in [1.54, 1.807) is 29.2 Å². The van der Waals surface area contributed by atoms with E-state index in [9.17, 15) is 14.7 Å². The first-order valence-electron chi connectivity index (χ1n) is 10.5. The van der Waals surface area contributed by atoms with E-state index in [-0.39, 0.29) is 30.9 Å². The van der Waals surface area contributed by atoms with Crippen molar-refractivity contribution in [3.05, 3.63) is 65.7 Å². The topological polar surface area (TPSA) is 78.9 Å². The Labute approximate surface area is 177 Å². The van der Waals surface area contributed by atoms with Crippen molar-refractivity contribution in [1.82, 2.24) is 4.90 Å². The molecule has 0 radical (unpaired) electrons. The zero-order valence-corrected chi connectivity index (χ0v) is 17.6. The van der Waals surface area contributed by atoms with Crippen LogP contribution in [0.4, 0.5) is 5.69 Å². The number of amides is 2. The van der Waals surface area contributed by atoms with Gasteiger partial charge in [0.1, 0.15) is 12.7 Å². The molecule has 1 aliphatic rings. The van der Waals surface area contributed by atoms with Crippen LogP contribution >= 0.6 is 0 Å². The third-order valence-corrected chi connectivity index (χ3v) is 5.67. The summed E-state index contributed by atoms with van der Waals surface area (Å²) in [7, 11) is 0. The second-order valence-electron chi connectivity index (χ2n) is 7.66. The lowest BCUT2D eigenvalue weighted by Gasteiger charge is -2.38. The third-order valence-electron chi connectivity index (χ3n) is 5.67. The number of nitrogens with one attached hydrogen (secondary N) is 1. The number of carbonyl (C=O) groups excluding carboxylic acids is 2. The molecule has 160 valence electrons. The first-order valence-corrected chi connectivity index (χ1v) is 10.5. The molecule has 2 aromatic rings. The largest absolute Gasteiger partial charge is 0.386 e. The lowest BCUT2D eigenvalue weighted by Crippen LogP contribution is -2.51. The summed E-state index contributed by atoms with van der Waals surface area (Å²) in [5.41, 5.74) is 2.38. The van der Waals surface area contributed by atoms with E-state index in [4.69, 9.17) is 4.74 Å². The number of anilines is 1.